The monoisotopic (exact) mass is 689 g/mol. The molecule has 0 atom stereocenters. The van der Waals surface area contributed by atoms with Crippen LogP contribution in [-0.2, 0) is 23.4 Å². The molecule has 2 aliphatic heterocycles. The van der Waals surface area contributed by atoms with Gasteiger partial charge in [0.15, 0.2) is 0 Å². The highest BCUT2D eigenvalue weighted by molar-refractivity contribution is 7.99. The van der Waals surface area contributed by atoms with Crippen molar-refractivity contribution in [3.63, 3.8) is 0 Å². The third-order valence-corrected chi connectivity index (χ3v) is 9.25. The van der Waals surface area contributed by atoms with E-state index < -0.39 is 17.2 Å². The SMILES string of the molecule is OC(Cn1cncn1)(Cn1cncn1)c1ccc(F)cc1F.OCCOCCN1CCN(C2=Nc3ccccc3Sc3ccccc32)CC1. The lowest BCUT2D eigenvalue weighted by atomic mass is 9.93. The molecule has 2 N–H and O–H groups in total. The summed E-state index contributed by atoms with van der Waals surface area (Å²) in [6, 6.07) is 20.0. The number of hydrogen-bond donors (Lipinski definition) is 2. The minimum atomic E-state index is -1.70. The van der Waals surface area contributed by atoms with Crippen LogP contribution in [0.3, 0.4) is 0 Å². The van der Waals surface area contributed by atoms with E-state index in [9.17, 15) is 13.9 Å². The van der Waals surface area contributed by atoms with Crippen LogP contribution in [0.2, 0.25) is 0 Å². The van der Waals surface area contributed by atoms with Crippen LogP contribution >= 0.6 is 11.8 Å². The summed E-state index contributed by atoms with van der Waals surface area (Å²) in [6.07, 6.45) is 5.40. The Kier molecular flexibility index (Phi) is 11.4. The van der Waals surface area contributed by atoms with Crippen molar-refractivity contribution in [1.29, 1.82) is 0 Å². The Morgan fingerprint density at radius 2 is 1.49 bits per heavy atom. The molecule has 256 valence electrons. The molecule has 3 aromatic carbocycles. The Balaban J connectivity index is 0.000000174. The molecule has 1 saturated heterocycles. The van der Waals surface area contributed by atoms with Crippen LogP contribution in [0.4, 0.5) is 14.5 Å². The summed E-state index contributed by atoms with van der Waals surface area (Å²) in [5.41, 5.74) is 0.519. The standard InChI is InChI=1S/C21H25N3O2S.C13H12F2N6O/c25-14-16-26-15-13-23-9-11-24(12-10-23)21-17-5-1-3-7-19(17)27-20-8-4-2-6-18(20)22-21;14-10-1-2-11(12(15)3-10)13(22,4-20-8-16-6-18-20)5-21-9-17-7-19-21/h1-8,25H,9-16H2;1-3,6-9,22H,4-5H2. The molecule has 0 aliphatic carbocycles. The Labute approximate surface area is 286 Å². The maximum absolute atomic E-state index is 14.1. The van der Waals surface area contributed by atoms with Gasteiger partial charge in [-0.25, -0.2) is 33.1 Å². The van der Waals surface area contributed by atoms with Crippen molar-refractivity contribution in [2.75, 3.05) is 52.5 Å². The van der Waals surface area contributed by atoms with Gasteiger partial charge in [0.1, 0.15) is 48.4 Å². The molecule has 0 bridgehead atoms. The van der Waals surface area contributed by atoms with E-state index in [-0.39, 0.29) is 25.3 Å². The van der Waals surface area contributed by atoms with Gasteiger partial charge < -0.3 is 19.8 Å². The first-order valence-corrected chi connectivity index (χ1v) is 16.7. The number of amidine groups is 1. The van der Waals surface area contributed by atoms with Crippen LogP contribution in [0.1, 0.15) is 11.1 Å². The Morgan fingerprint density at radius 1 is 0.816 bits per heavy atom. The minimum absolute atomic E-state index is 0.0556. The predicted molar refractivity (Wildman–Crippen MR) is 179 cm³/mol. The number of aliphatic imine (C=N–C) groups is 1. The quantitative estimate of drug-likeness (QED) is 0.210. The van der Waals surface area contributed by atoms with Gasteiger partial charge in [0, 0.05) is 59.7 Å². The van der Waals surface area contributed by atoms with Crippen molar-refractivity contribution in [2.45, 2.75) is 28.5 Å². The lowest BCUT2D eigenvalue weighted by Gasteiger charge is -2.36. The van der Waals surface area contributed by atoms with Gasteiger partial charge in [0.05, 0.1) is 38.6 Å². The van der Waals surface area contributed by atoms with Crippen LogP contribution in [0.15, 0.2) is 107 Å². The molecular weight excluding hydrogens is 652 g/mol. The molecule has 2 aromatic heterocycles. The number of piperazine rings is 1. The lowest BCUT2D eigenvalue weighted by molar-refractivity contribution is -0.00856. The molecule has 5 aromatic rings. The second kappa shape index (κ2) is 16.2. The number of halogens is 2. The first kappa shape index (κ1) is 34.3. The Hall–Kier alpha value is -4.54. The van der Waals surface area contributed by atoms with Crippen LogP contribution in [-0.4, -0.2) is 108 Å². The molecule has 2 aliphatic rings. The molecule has 4 heterocycles. The van der Waals surface area contributed by atoms with Crippen molar-refractivity contribution in [3.05, 3.63) is 115 Å². The normalized spacial score (nSPS) is 14.7. The predicted octanol–water partition coefficient (Wildman–Crippen LogP) is 3.59. The van der Waals surface area contributed by atoms with Gasteiger partial charge in [-0.1, -0.05) is 48.2 Å². The molecule has 0 amide bonds. The molecule has 0 saturated carbocycles. The van der Waals surface area contributed by atoms with E-state index in [4.69, 9.17) is 14.8 Å². The number of nitrogens with zero attached hydrogens (tertiary/aromatic N) is 9. The van der Waals surface area contributed by atoms with Crippen molar-refractivity contribution in [3.8, 4) is 0 Å². The number of rotatable bonds is 10. The van der Waals surface area contributed by atoms with Crippen molar-refractivity contribution in [2.24, 2.45) is 4.99 Å². The summed E-state index contributed by atoms with van der Waals surface area (Å²) >= 11 is 1.80. The van der Waals surface area contributed by atoms with Gasteiger partial charge in [-0.15, -0.1) is 0 Å². The summed E-state index contributed by atoms with van der Waals surface area (Å²) in [4.78, 5) is 19.9. The Bertz CT molecular complexity index is 1780. The van der Waals surface area contributed by atoms with Crippen LogP contribution < -0.4 is 0 Å². The van der Waals surface area contributed by atoms with E-state index in [0.29, 0.717) is 13.2 Å². The van der Waals surface area contributed by atoms with Crippen LogP contribution in [0.25, 0.3) is 0 Å². The van der Waals surface area contributed by atoms with Gasteiger partial charge >= 0.3 is 0 Å². The van der Waals surface area contributed by atoms with Crippen molar-refractivity contribution in [1.82, 2.24) is 39.3 Å². The molecular formula is C34H37F2N9O3S. The average Bonchev–Trinajstić information content (AvgIpc) is 3.79. The molecule has 12 nitrogen and oxygen atoms in total. The summed E-state index contributed by atoms with van der Waals surface area (Å²) in [6.45, 7) is 5.86. The van der Waals surface area contributed by atoms with E-state index in [1.54, 1.807) is 11.8 Å². The van der Waals surface area contributed by atoms with E-state index in [0.717, 1.165) is 56.4 Å². The number of aliphatic hydroxyl groups is 2. The van der Waals surface area contributed by atoms with E-state index in [1.165, 1.54) is 56.1 Å². The zero-order chi connectivity index (χ0) is 34.1. The fourth-order valence-corrected chi connectivity index (χ4v) is 6.72. The smallest absolute Gasteiger partial charge is 0.137 e. The lowest BCUT2D eigenvalue weighted by Crippen LogP contribution is -2.49. The second-order valence-corrected chi connectivity index (χ2v) is 12.6. The van der Waals surface area contributed by atoms with Crippen LogP contribution in [0, 0.1) is 11.6 Å². The maximum atomic E-state index is 14.1. The van der Waals surface area contributed by atoms with E-state index in [2.05, 4.69) is 78.5 Å². The fourth-order valence-electron chi connectivity index (χ4n) is 5.71. The van der Waals surface area contributed by atoms with Crippen molar-refractivity contribution < 1.29 is 23.7 Å². The number of aliphatic hydroxyl groups excluding tert-OH is 1. The molecule has 1 fully saturated rings. The summed E-state index contributed by atoms with van der Waals surface area (Å²) in [5.74, 6) is -0.480. The van der Waals surface area contributed by atoms with Gasteiger partial charge in [-0.2, -0.15) is 10.2 Å². The van der Waals surface area contributed by atoms with E-state index in [1.807, 2.05) is 0 Å². The average molecular weight is 690 g/mol. The molecule has 0 unspecified atom stereocenters. The largest absolute Gasteiger partial charge is 0.394 e. The van der Waals surface area contributed by atoms with Gasteiger partial charge in [-0.3, -0.25) is 4.90 Å². The molecule has 49 heavy (non-hydrogen) atoms. The number of aromatic nitrogens is 6. The number of para-hydroxylation sites is 1. The molecule has 7 rings (SSSR count). The number of hydrogen-bond acceptors (Lipinski definition) is 11. The first-order valence-electron chi connectivity index (χ1n) is 15.9. The van der Waals surface area contributed by atoms with Crippen molar-refractivity contribution >= 4 is 23.3 Å². The highest BCUT2D eigenvalue weighted by Crippen LogP contribution is 2.40. The van der Waals surface area contributed by atoms with Gasteiger partial charge in [-0.05, 0) is 24.3 Å². The highest BCUT2D eigenvalue weighted by Gasteiger charge is 2.34. The maximum Gasteiger partial charge on any atom is 0.137 e. The van der Waals surface area contributed by atoms with Gasteiger partial charge in [0.25, 0.3) is 0 Å². The fraction of sp³-hybridized carbons (Fsp3) is 0.324. The zero-order valence-electron chi connectivity index (χ0n) is 26.7. The summed E-state index contributed by atoms with van der Waals surface area (Å²) in [5, 5.41) is 27.6. The molecule has 0 spiro atoms. The zero-order valence-corrected chi connectivity index (χ0v) is 27.5. The summed E-state index contributed by atoms with van der Waals surface area (Å²) < 4.78 is 35.3. The third kappa shape index (κ3) is 8.74. The van der Waals surface area contributed by atoms with Gasteiger partial charge in [0.2, 0.25) is 0 Å². The minimum Gasteiger partial charge on any atom is -0.394 e. The van der Waals surface area contributed by atoms with E-state index >= 15 is 0 Å². The number of fused-ring (bicyclic) bond motifs is 2. The van der Waals surface area contributed by atoms with Crippen LogP contribution in [0.5, 0.6) is 0 Å². The highest BCUT2D eigenvalue weighted by atomic mass is 32.2. The summed E-state index contributed by atoms with van der Waals surface area (Å²) in [7, 11) is 0. The molecule has 15 heteroatoms. The molecule has 0 radical (unpaired) electrons. The topological polar surface area (TPSA) is 130 Å². The number of ether oxygens (including phenoxy) is 1. The first-order chi connectivity index (χ1) is 23.9. The second-order valence-electron chi connectivity index (χ2n) is 11.5. The Morgan fingerprint density at radius 3 is 2.14 bits per heavy atom. The number of benzene rings is 3. The third-order valence-electron chi connectivity index (χ3n) is 8.11.